The minimum Gasteiger partial charge on any atom is -0.360 e. The molecule has 0 amide bonds. The molecule has 1 saturated carbocycles. The molecule has 2 aliphatic rings. The standard InChI is InChI=1S/C18H23N7S2/c1-12-5-2-3-10-25(12)14-11-15(27-18-19-8-4-9-20-18)23-16(22-14)24-17(26)21-13-6-7-13/h4,8-9,11-13H,2-3,5-7,10H2,1H3,(H2,21,22,23,24,26)/t12-/m1/s1. The summed E-state index contributed by atoms with van der Waals surface area (Å²) in [5, 5.41) is 8.47. The second-order valence-electron chi connectivity index (χ2n) is 6.93. The van der Waals surface area contributed by atoms with E-state index in [1.807, 2.05) is 6.07 Å². The molecule has 1 atom stereocenters. The number of anilines is 2. The third-order valence-corrected chi connectivity index (χ3v) is 5.69. The summed E-state index contributed by atoms with van der Waals surface area (Å²) in [6, 6.07) is 4.77. The summed E-state index contributed by atoms with van der Waals surface area (Å²) in [5.41, 5.74) is 0. The number of nitrogens with one attached hydrogen (secondary N) is 2. The molecule has 0 aromatic carbocycles. The zero-order valence-electron chi connectivity index (χ0n) is 15.3. The first kappa shape index (κ1) is 18.4. The van der Waals surface area contributed by atoms with Crippen LogP contribution in [0, 0.1) is 0 Å². The second-order valence-corrected chi connectivity index (χ2v) is 8.33. The molecule has 27 heavy (non-hydrogen) atoms. The first-order valence-electron chi connectivity index (χ1n) is 9.35. The molecule has 0 radical (unpaired) electrons. The maximum absolute atomic E-state index is 5.40. The van der Waals surface area contributed by atoms with Gasteiger partial charge in [-0.05, 0) is 69.1 Å². The van der Waals surface area contributed by atoms with Gasteiger partial charge in [0, 0.05) is 37.1 Å². The average Bonchev–Trinajstić information content (AvgIpc) is 3.46. The van der Waals surface area contributed by atoms with Gasteiger partial charge in [-0.2, -0.15) is 4.98 Å². The maximum Gasteiger partial charge on any atom is 0.232 e. The van der Waals surface area contributed by atoms with Crippen molar-refractivity contribution in [1.82, 2.24) is 25.3 Å². The molecule has 1 saturated heterocycles. The maximum atomic E-state index is 5.40. The summed E-state index contributed by atoms with van der Waals surface area (Å²) in [5.74, 6) is 1.44. The van der Waals surface area contributed by atoms with Crippen molar-refractivity contribution in [3.8, 4) is 0 Å². The quantitative estimate of drug-likeness (QED) is 0.446. The zero-order chi connectivity index (χ0) is 18.6. The van der Waals surface area contributed by atoms with E-state index in [2.05, 4.69) is 37.4 Å². The number of thiocarbonyl (C=S) groups is 1. The van der Waals surface area contributed by atoms with Crippen LogP contribution in [0.1, 0.15) is 39.0 Å². The van der Waals surface area contributed by atoms with Gasteiger partial charge in [-0.15, -0.1) is 0 Å². The second kappa shape index (κ2) is 8.35. The lowest BCUT2D eigenvalue weighted by Crippen LogP contribution is -2.38. The van der Waals surface area contributed by atoms with Crippen molar-refractivity contribution in [2.75, 3.05) is 16.8 Å². The van der Waals surface area contributed by atoms with Crippen molar-refractivity contribution in [3.63, 3.8) is 0 Å². The molecule has 9 heteroatoms. The molecule has 2 N–H and O–H groups in total. The van der Waals surface area contributed by atoms with Crippen LogP contribution in [-0.4, -0.2) is 43.7 Å². The normalized spacial score (nSPS) is 19.6. The first-order chi connectivity index (χ1) is 13.2. The fraction of sp³-hybridized carbons (Fsp3) is 0.500. The molecule has 2 aromatic rings. The van der Waals surface area contributed by atoms with E-state index in [0.717, 1.165) is 17.4 Å². The highest BCUT2D eigenvalue weighted by Gasteiger charge is 2.23. The number of nitrogens with zero attached hydrogens (tertiary/aromatic N) is 5. The van der Waals surface area contributed by atoms with Gasteiger partial charge in [0.2, 0.25) is 5.95 Å². The molecule has 2 fully saturated rings. The highest BCUT2D eigenvalue weighted by atomic mass is 32.2. The monoisotopic (exact) mass is 401 g/mol. The van der Waals surface area contributed by atoms with Crippen LogP contribution >= 0.6 is 24.0 Å². The van der Waals surface area contributed by atoms with Crippen molar-refractivity contribution in [2.45, 2.75) is 61.3 Å². The van der Waals surface area contributed by atoms with Gasteiger partial charge in [0.05, 0.1) is 0 Å². The number of piperidine rings is 1. The minimum atomic E-state index is 0.462. The summed E-state index contributed by atoms with van der Waals surface area (Å²) >= 11 is 6.83. The molecule has 2 aromatic heterocycles. The number of aromatic nitrogens is 4. The lowest BCUT2D eigenvalue weighted by molar-refractivity contribution is 0.480. The molecule has 1 aliphatic carbocycles. The SMILES string of the molecule is C[C@@H]1CCCCN1c1cc(Sc2ncccn2)nc(NC(=S)NC2CC2)n1. The third kappa shape index (κ3) is 5.04. The van der Waals surface area contributed by atoms with Gasteiger partial charge >= 0.3 is 0 Å². The predicted octanol–water partition coefficient (Wildman–Crippen LogP) is 3.25. The van der Waals surface area contributed by atoms with Gasteiger partial charge in [-0.3, -0.25) is 0 Å². The molecule has 142 valence electrons. The Labute approximate surface area is 168 Å². The summed E-state index contributed by atoms with van der Waals surface area (Å²) in [6.07, 6.45) is 9.43. The van der Waals surface area contributed by atoms with Crippen LogP contribution in [0.25, 0.3) is 0 Å². The van der Waals surface area contributed by atoms with Crippen LogP contribution in [-0.2, 0) is 0 Å². The summed E-state index contributed by atoms with van der Waals surface area (Å²) in [7, 11) is 0. The van der Waals surface area contributed by atoms with Crippen LogP contribution in [0.15, 0.2) is 34.7 Å². The fourth-order valence-corrected chi connectivity index (χ4v) is 4.06. The Morgan fingerprint density at radius 1 is 1.19 bits per heavy atom. The highest BCUT2D eigenvalue weighted by molar-refractivity contribution is 7.99. The van der Waals surface area contributed by atoms with Crippen molar-refractivity contribution < 1.29 is 0 Å². The van der Waals surface area contributed by atoms with Crippen molar-refractivity contribution >= 4 is 40.9 Å². The largest absolute Gasteiger partial charge is 0.360 e. The Morgan fingerprint density at radius 2 is 2.00 bits per heavy atom. The molecule has 1 aliphatic heterocycles. The van der Waals surface area contributed by atoms with Crippen LogP contribution in [0.5, 0.6) is 0 Å². The van der Waals surface area contributed by atoms with Gasteiger partial charge in [0.1, 0.15) is 10.8 Å². The molecular weight excluding hydrogens is 378 g/mol. The minimum absolute atomic E-state index is 0.462. The summed E-state index contributed by atoms with van der Waals surface area (Å²) in [6.45, 7) is 3.26. The van der Waals surface area contributed by atoms with E-state index in [-0.39, 0.29) is 0 Å². The molecule has 0 spiro atoms. The molecule has 0 unspecified atom stereocenters. The molecule has 7 nitrogen and oxygen atoms in total. The molecule has 3 heterocycles. The Kier molecular flexibility index (Phi) is 5.68. The molecule has 0 bridgehead atoms. The van der Waals surface area contributed by atoms with Crippen molar-refractivity contribution in [2.24, 2.45) is 0 Å². The van der Waals surface area contributed by atoms with E-state index >= 15 is 0 Å². The van der Waals surface area contributed by atoms with Gasteiger partial charge < -0.3 is 15.5 Å². The third-order valence-electron chi connectivity index (χ3n) is 4.66. The summed E-state index contributed by atoms with van der Waals surface area (Å²) in [4.78, 5) is 20.3. The molecular formula is C18H23N7S2. The first-order valence-corrected chi connectivity index (χ1v) is 10.6. The average molecular weight is 402 g/mol. The van der Waals surface area contributed by atoms with Crippen molar-refractivity contribution in [1.29, 1.82) is 0 Å². The topological polar surface area (TPSA) is 78.9 Å². The Hall–Kier alpha value is -2.00. The Balaban J connectivity index is 1.59. The van der Waals surface area contributed by atoms with E-state index in [9.17, 15) is 0 Å². The predicted molar refractivity (Wildman–Crippen MR) is 111 cm³/mol. The lowest BCUT2D eigenvalue weighted by atomic mass is 10.0. The number of hydrogen-bond acceptors (Lipinski definition) is 7. The number of rotatable bonds is 5. The van der Waals surface area contributed by atoms with Gasteiger partial charge in [-0.25, -0.2) is 15.0 Å². The van der Waals surface area contributed by atoms with Gasteiger partial charge in [0.15, 0.2) is 10.3 Å². The van der Waals surface area contributed by atoms with E-state index in [1.165, 1.54) is 43.9 Å². The van der Waals surface area contributed by atoms with E-state index in [1.54, 1.807) is 18.5 Å². The van der Waals surface area contributed by atoms with Crippen molar-refractivity contribution in [3.05, 3.63) is 24.5 Å². The fourth-order valence-electron chi connectivity index (χ4n) is 3.09. The number of hydrogen-bond donors (Lipinski definition) is 2. The van der Waals surface area contributed by atoms with E-state index < -0.39 is 0 Å². The Bertz CT molecular complexity index is 798. The molecule has 4 rings (SSSR count). The zero-order valence-corrected chi connectivity index (χ0v) is 16.9. The van der Waals surface area contributed by atoms with E-state index in [4.69, 9.17) is 17.2 Å². The Morgan fingerprint density at radius 3 is 2.74 bits per heavy atom. The van der Waals surface area contributed by atoms with E-state index in [0.29, 0.717) is 28.3 Å². The smallest absolute Gasteiger partial charge is 0.232 e. The van der Waals surface area contributed by atoms with Crippen LogP contribution in [0.2, 0.25) is 0 Å². The van der Waals surface area contributed by atoms with Crippen LogP contribution in [0.4, 0.5) is 11.8 Å². The summed E-state index contributed by atoms with van der Waals surface area (Å²) < 4.78 is 0. The van der Waals surface area contributed by atoms with Crippen LogP contribution < -0.4 is 15.5 Å². The van der Waals surface area contributed by atoms with Gasteiger partial charge in [-0.1, -0.05) is 0 Å². The highest BCUT2D eigenvalue weighted by Crippen LogP contribution is 2.30. The van der Waals surface area contributed by atoms with Crippen LogP contribution in [0.3, 0.4) is 0 Å². The lowest BCUT2D eigenvalue weighted by Gasteiger charge is -2.34. The van der Waals surface area contributed by atoms with Gasteiger partial charge in [0.25, 0.3) is 0 Å².